The topological polar surface area (TPSA) is 148 Å². The fourth-order valence-electron chi connectivity index (χ4n) is 5.49. The molecular weight excluding hydrogens is 636 g/mol. The van der Waals surface area contributed by atoms with E-state index in [1.807, 2.05) is 13.8 Å². The second-order valence-electron chi connectivity index (χ2n) is 12.2. The van der Waals surface area contributed by atoms with Crippen molar-refractivity contribution in [1.82, 2.24) is 14.8 Å². The predicted molar refractivity (Wildman–Crippen MR) is 182 cm³/mol. The number of hydrogen-bond acceptors (Lipinski definition) is 9. The number of sulfonamides is 1. The fourth-order valence-corrected chi connectivity index (χ4v) is 6.53. The third-order valence-corrected chi connectivity index (χ3v) is 9.80. The molecule has 0 saturated heterocycles. The van der Waals surface area contributed by atoms with Crippen LogP contribution in [0.3, 0.4) is 0 Å². The molecule has 3 aromatic rings. The van der Waals surface area contributed by atoms with Crippen LogP contribution in [0.4, 0.5) is 5.69 Å². The normalized spacial score (nSPS) is 20.1. The lowest BCUT2D eigenvalue weighted by Crippen LogP contribution is -2.48. The Kier molecular flexibility index (Phi) is 12.8. The summed E-state index contributed by atoms with van der Waals surface area (Å²) in [5.74, 6) is -0.0279. The molecule has 0 unspecified atom stereocenters. The van der Waals surface area contributed by atoms with Crippen LogP contribution in [0.25, 0.3) is 0 Å². The summed E-state index contributed by atoms with van der Waals surface area (Å²) in [6, 6.07) is 13.3. The van der Waals surface area contributed by atoms with Gasteiger partial charge in [0.1, 0.15) is 11.5 Å². The SMILES string of the molecule is COc1ccc(S(=O)(=O)Nc2ccc3c(c2)C(=O)N([C@H](C)CO)C[C@@H](C)[C@@H](CN(C)C(=O)c2ccncc2)OCCCC[C@H](C)O3)cc1. The Balaban J connectivity index is 1.65. The highest BCUT2D eigenvalue weighted by atomic mass is 32.2. The maximum Gasteiger partial charge on any atom is 0.261 e. The molecule has 260 valence electrons. The number of benzene rings is 2. The number of rotatable bonds is 9. The van der Waals surface area contributed by atoms with Crippen molar-refractivity contribution in [1.29, 1.82) is 0 Å². The molecule has 48 heavy (non-hydrogen) atoms. The van der Waals surface area contributed by atoms with Crippen molar-refractivity contribution in [3.8, 4) is 11.5 Å². The molecule has 1 aliphatic rings. The summed E-state index contributed by atoms with van der Waals surface area (Å²) in [5.41, 5.74) is 0.844. The zero-order valence-corrected chi connectivity index (χ0v) is 29.0. The number of ether oxygens (including phenoxy) is 3. The van der Waals surface area contributed by atoms with Crippen molar-refractivity contribution < 1.29 is 37.3 Å². The van der Waals surface area contributed by atoms with Crippen LogP contribution in [-0.2, 0) is 14.8 Å². The molecule has 0 radical (unpaired) electrons. The summed E-state index contributed by atoms with van der Waals surface area (Å²) in [5, 5.41) is 10.2. The first kappa shape index (κ1) is 36.6. The molecule has 2 heterocycles. The average Bonchev–Trinajstić information content (AvgIpc) is 3.09. The zero-order chi connectivity index (χ0) is 34.8. The standard InChI is InChI=1S/C35H46N4O8S/c1-24-21-39(25(2)23-40)35(42)31-20-28(37-48(43,44)30-12-10-29(45-5)11-13-30)9-14-32(31)47-26(3)8-6-7-19-46-33(24)22-38(4)34(41)27-15-17-36-18-16-27/h9-18,20,24-26,33,37,40H,6-8,19,21-23H2,1-5H3/t24-,25-,26+,33-/m1/s1. The maximum absolute atomic E-state index is 14.4. The summed E-state index contributed by atoms with van der Waals surface area (Å²) in [4.78, 5) is 34.7. The first-order valence-electron chi connectivity index (χ1n) is 16.1. The number of aliphatic hydroxyl groups excluding tert-OH is 1. The van der Waals surface area contributed by atoms with Crippen LogP contribution in [0.1, 0.15) is 60.7 Å². The van der Waals surface area contributed by atoms with E-state index >= 15 is 0 Å². The van der Waals surface area contributed by atoms with Crippen molar-refractivity contribution in [2.24, 2.45) is 5.92 Å². The van der Waals surface area contributed by atoms with E-state index in [0.29, 0.717) is 30.1 Å². The van der Waals surface area contributed by atoms with Gasteiger partial charge in [0.05, 0.1) is 42.4 Å². The predicted octanol–water partition coefficient (Wildman–Crippen LogP) is 4.46. The zero-order valence-electron chi connectivity index (χ0n) is 28.2. The van der Waals surface area contributed by atoms with E-state index in [2.05, 4.69) is 9.71 Å². The fraction of sp³-hybridized carbons (Fsp3) is 0.457. The molecule has 0 bridgehead atoms. The molecule has 0 fully saturated rings. The van der Waals surface area contributed by atoms with Crippen LogP contribution in [0, 0.1) is 5.92 Å². The number of pyridine rings is 1. The van der Waals surface area contributed by atoms with Gasteiger partial charge in [0.2, 0.25) is 0 Å². The number of fused-ring (bicyclic) bond motifs is 1. The molecule has 1 aromatic heterocycles. The molecule has 2 amide bonds. The number of hydrogen-bond donors (Lipinski definition) is 2. The number of methoxy groups -OCH3 is 1. The van der Waals surface area contributed by atoms with E-state index in [-0.39, 0.29) is 53.8 Å². The van der Waals surface area contributed by atoms with Crippen molar-refractivity contribution in [2.75, 3.05) is 45.2 Å². The lowest BCUT2D eigenvalue weighted by molar-refractivity contribution is -0.0149. The summed E-state index contributed by atoms with van der Waals surface area (Å²) in [6.07, 6.45) is 4.75. The second kappa shape index (κ2) is 16.8. The highest BCUT2D eigenvalue weighted by Crippen LogP contribution is 2.30. The summed E-state index contributed by atoms with van der Waals surface area (Å²) in [7, 11) is -0.784. The second-order valence-corrected chi connectivity index (χ2v) is 13.9. The van der Waals surface area contributed by atoms with Gasteiger partial charge in [0.15, 0.2) is 0 Å². The monoisotopic (exact) mass is 682 g/mol. The Morgan fingerprint density at radius 1 is 1.12 bits per heavy atom. The first-order valence-corrected chi connectivity index (χ1v) is 17.6. The van der Waals surface area contributed by atoms with E-state index in [4.69, 9.17) is 14.2 Å². The number of carbonyl (C=O) groups is 2. The summed E-state index contributed by atoms with van der Waals surface area (Å²) < 4.78 is 46.8. The molecule has 0 saturated carbocycles. The van der Waals surface area contributed by atoms with E-state index in [1.54, 1.807) is 72.6 Å². The van der Waals surface area contributed by atoms with E-state index in [0.717, 1.165) is 12.8 Å². The number of aliphatic hydroxyl groups is 1. The highest BCUT2D eigenvalue weighted by Gasteiger charge is 2.31. The smallest absolute Gasteiger partial charge is 0.261 e. The van der Waals surface area contributed by atoms with E-state index < -0.39 is 28.1 Å². The van der Waals surface area contributed by atoms with Crippen molar-refractivity contribution in [2.45, 2.75) is 63.2 Å². The highest BCUT2D eigenvalue weighted by molar-refractivity contribution is 7.92. The van der Waals surface area contributed by atoms with Gasteiger partial charge in [-0.15, -0.1) is 0 Å². The molecule has 12 nitrogen and oxygen atoms in total. The molecule has 1 aliphatic heterocycles. The Labute approximate surface area is 283 Å². The number of aromatic nitrogens is 1. The lowest BCUT2D eigenvalue weighted by atomic mass is 10.0. The molecular formula is C35H46N4O8S. The van der Waals surface area contributed by atoms with Crippen LogP contribution >= 0.6 is 0 Å². The molecule has 0 aliphatic carbocycles. The van der Waals surface area contributed by atoms with Gasteiger partial charge < -0.3 is 29.1 Å². The van der Waals surface area contributed by atoms with Crippen LogP contribution < -0.4 is 14.2 Å². The maximum atomic E-state index is 14.4. The number of likely N-dealkylation sites (N-methyl/N-ethyl adjacent to an activating group) is 1. The van der Waals surface area contributed by atoms with Crippen molar-refractivity contribution in [3.05, 3.63) is 78.1 Å². The van der Waals surface area contributed by atoms with Gasteiger partial charge >= 0.3 is 0 Å². The number of nitrogens with zero attached hydrogens (tertiary/aromatic N) is 3. The third-order valence-electron chi connectivity index (χ3n) is 8.40. The van der Waals surface area contributed by atoms with Gasteiger partial charge in [0, 0.05) is 56.3 Å². The number of amides is 2. The molecule has 2 aromatic carbocycles. The van der Waals surface area contributed by atoms with E-state index in [1.165, 1.54) is 25.3 Å². The largest absolute Gasteiger partial charge is 0.497 e. The lowest BCUT2D eigenvalue weighted by Gasteiger charge is -2.36. The van der Waals surface area contributed by atoms with Gasteiger partial charge in [-0.3, -0.25) is 19.3 Å². The van der Waals surface area contributed by atoms with Crippen LogP contribution in [0.15, 0.2) is 71.9 Å². The molecule has 4 atom stereocenters. The Morgan fingerprint density at radius 3 is 2.50 bits per heavy atom. The summed E-state index contributed by atoms with van der Waals surface area (Å²) in [6.45, 7) is 6.24. The van der Waals surface area contributed by atoms with Crippen LogP contribution in [0.2, 0.25) is 0 Å². The number of anilines is 1. The number of nitrogens with one attached hydrogen (secondary N) is 1. The minimum absolute atomic E-state index is 0.0300. The minimum Gasteiger partial charge on any atom is -0.497 e. The third kappa shape index (κ3) is 9.45. The first-order chi connectivity index (χ1) is 22.9. The summed E-state index contributed by atoms with van der Waals surface area (Å²) >= 11 is 0. The quantitative estimate of drug-likeness (QED) is 0.334. The Morgan fingerprint density at radius 2 is 1.83 bits per heavy atom. The van der Waals surface area contributed by atoms with Gasteiger partial charge in [-0.05, 0) is 87.7 Å². The van der Waals surface area contributed by atoms with Gasteiger partial charge in [-0.2, -0.15) is 0 Å². The molecule has 2 N–H and O–H groups in total. The van der Waals surface area contributed by atoms with Crippen LogP contribution in [-0.4, -0.2) is 98.8 Å². The average molecular weight is 683 g/mol. The molecule has 0 spiro atoms. The molecule has 13 heteroatoms. The Hall–Kier alpha value is -4.20. The number of carbonyl (C=O) groups excluding carboxylic acids is 2. The van der Waals surface area contributed by atoms with Gasteiger partial charge in [-0.25, -0.2) is 8.42 Å². The minimum atomic E-state index is -3.99. The van der Waals surface area contributed by atoms with Gasteiger partial charge in [0.25, 0.3) is 21.8 Å². The van der Waals surface area contributed by atoms with Crippen molar-refractivity contribution in [3.63, 3.8) is 0 Å². The van der Waals surface area contributed by atoms with E-state index in [9.17, 15) is 23.1 Å². The molecule has 4 rings (SSSR count). The van der Waals surface area contributed by atoms with Crippen molar-refractivity contribution >= 4 is 27.5 Å². The Bertz CT molecular complexity index is 1620. The van der Waals surface area contributed by atoms with Crippen LogP contribution in [0.5, 0.6) is 11.5 Å². The van der Waals surface area contributed by atoms with Gasteiger partial charge in [-0.1, -0.05) is 6.92 Å².